The van der Waals surface area contributed by atoms with Crippen LogP contribution in [0.15, 0.2) is 43.0 Å². The van der Waals surface area contributed by atoms with Gasteiger partial charge in [0.2, 0.25) is 0 Å². The van der Waals surface area contributed by atoms with Gasteiger partial charge in [0.15, 0.2) is 5.65 Å². The summed E-state index contributed by atoms with van der Waals surface area (Å²) >= 11 is 0. The summed E-state index contributed by atoms with van der Waals surface area (Å²) in [4.78, 5) is 17.6. The van der Waals surface area contributed by atoms with E-state index in [4.69, 9.17) is 9.84 Å². The average Bonchev–Trinajstić information content (AvgIpc) is 3.43. The fourth-order valence-corrected chi connectivity index (χ4v) is 4.22. The Morgan fingerprint density at radius 2 is 2.09 bits per heavy atom. The van der Waals surface area contributed by atoms with E-state index in [0.717, 1.165) is 36.8 Å². The molecule has 1 amide bonds. The van der Waals surface area contributed by atoms with Gasteiger partial charge in [-0.15, -0.1) is 0 Å². The van der Waals surface area contributed by atoms with Gasteiger partial charge in [-0.3, -0.25) is 9.48 Å². The van der Waals surface area contributed by atoms with Crippen LogP contribution in [0.25, 0.3) is 16.6 Å². The van der Waals surface area contributed by atoms with Crippen molar-refractivity contribution in [2.75, 3.05) is 25.0 Å². The number of rotatable bonds is 6. The Kier molecular flexibility index (Phi) is 4.75. The van der Waals surface area contributed by atoms with Crippen LogP contribution in [0.2, 0.25) is 0 Å². The van der Waals surface area contributed by atoms with Gasteiger partial charge in [-0.1, -0.05) is 0 Å². The number of benzene rings is 1. The molecular weight excluding hydrogens is 406 g/mol. The lowest BCUT2D eigenvalue weighted by molar-refractivity contribution is 0.102. The molecule has 2 fully saturated rings. The fraction of sp³-hybridized carbons (Fsp3) is 0.391. The van der Waals surface area contributed by atoms with E-state index in [0.29, 0.717) is 41.2 Å². The monoisotopic (exact) mass is 431 g/mol. The molecule has 4 aromatic rings. The second kappa shape index (κ2) is 7.90. The SMILES string of the molecule is O=C(Nc1cnn2cccnc12)c1cc2cn(C3CCNCC3)nc2cc1OCC1CC1. The second-order valence-electron chi connectivity index (χ2n) is 8.65. The van der Waals surface area contributed by atoms with Gasteiger partial charge in [0.1, 0.15) is 11.4 Å². The molecule has 1 saturated carbocycles. The van der Waals surface area contributed by atoms with Gasteiger partial charge in [-0.2, -0.15) is 10.2 Å². The first-order valence-corrected chi connectivity index (χ1v) is 11.2. The Morgan fingerprint density at radius 3 is 2.94 bits per heavy atom. The third-order valence-electron chi connectivity index (χ3n) is 6.25. The number of hydrogen-bond donors (Lipinski definition) is 2. The van der Waals surface area contributed by atoms with Crippen LogP contribution in [-0.2, 0) is 0 Å². The molecular formula is C23H25N7O2. The molecule has 1 aliphatic carbocycles. The van der Waals surface area contributed by atoms with Gasteiger partial charge < -0.3 is 15.4 Å². The second-order valence-corrected chi connectivity index (χ2v) is 8.65. The van der Waals surface area contributed by atoms with E-state index in [-0.39, 0.29) is 5.91 Å². The van der Waals surface area contributed by atoms with Crippen LogP contribution in [0.1, 0.15) is 42.1 Å². The number of fused-ring (bicyclic) bond motifs is 2. The predicted molar refractivity (Wildman–Crippen MR) is 120 cm³/mol. The van der Waals surface area contributed by atoms with Crippen molar-refractivity contribution in [3.8, 4) is 5.75 Å². The molecule has 0 radical (unpaired) electrons. The van der Waals surface area contributed by atoms with Crippen molar-refractivity contribution in [2.45, 2.75) is 31.7 Å². The van der Waals surface area contributed by atoms with Crippen LogP contribution in [-0.4, -0.2) is 50.0 Å². The lowest BCUT2D eigenvalue weighted by Gasteiger charge is -2.22. The molecule has 1 aliphatic heterocycles. The molecule has 3 aromatic heterocycles. The summed E-state index contributed by atoms with van der Waals surface area (Å²) in [6, 6.07) is 5.96. The first-order chi connectivity index (χ1) is 15.7. The summed E-state index contributed by atoms with van der Waals surface area (Å²) in [5.41, 5.74) is 2.51. The summed E-state index contributed by atoms with van der Waals surface area (Å²) < 4.78 is 9.78. The lowest BCUT2D eigenvalue weighted by atomic mass is 10.1. The summed E-state index contributed by atoms with van der Waals surface area (Å²) in [5, 5.41) is 16.3. The maximum Gasteiger partial charge on any atom is 0.259 e. The Morgan fingerprint density at radius 1 is 1.22 bits per heavy atom. The van der Waals surface area contributed by atoms with Gasteiger partial charge in [-0.25, -0.2) is 9.50 Å². The number of carbonyl (C=O) groups excluding carboxylic acids is 1. The van der Waals surface area contributed by atoms with Crippen molar-refractivity contribution in [3.05, 3.63) is 48.5 Å². The predicted octanol–water partition coefficient (Wildman–Crippen LogP) is 3.04. The zero-order valence-corrected chi connectivity index (χ0v) is 17.7. The van der Waals surface area contributed by atoms with E-state index < -0.39 is 0 Å². The quantitative estimate of drug-likeness (QED) is 0.487. The van der Waals surface area contributed by atoms with Crippen molar-refractivity contribution >= 4 is 28.1 Å². The van der Waals surface area contributed by atoms with E-state index >= 15 is 0 Å². The van der Waals surface area contributed by atoms with E-state index in [1.165, 1.54) is 12.8 Å². The van der Waals surface area contributed by atoms with Gasteiger partial charge in [0, 0.05) is 30.0 Å². The maximum atomic E-state index is 13.3. The molecule has 9 heteroatoms. The number of aromatic nitrogens is 5. The number of piperidine rings is 1. The zero-order valence-electron chi connectivity index (χ0n) is 17.7. The van der Waals surface area contributed by atoms with Crippen molar-refractivity contribution in [1.82, 2.24) is 29.7 Å². The molecule has 2 N–H and O–H groups in total. The minimum atomic E-state index is -0.243. The van der Waals surface area contributed by atoms with Gasteiger partial charge >= 0.3 is 0 Å². The number of nitrogens with one attached hydrogen (secondary N) is 2. The summed E-state index contributed by atoms with van der Waals surface area (Å²) in [6.45, 7) is 2.62. The molecule has 32 heavy (non-hydrogen) atoms. The van der Waals surface area contributed by atoms with Crippen LogP contribution in [0.3, 0.4) is 0 Å². The van der Waals surface area contributed by atoms with E-state index in [9.17, 15) is 4.79 Å². The highest BCUT2D eigenvalue weighted by Gasteiger charge is 2.25. The Hall–Kier alpha value is -3.46. The number of hydrogen-bond acceptors (Lipinski definition) is 6. The Bertz CT molecular complexity index is 1280. The van der Waals surface area contributed by atoms with Crippen molar-refractivity contribution in [2.24, 2.45) is 5.92 Å². The molecule has 1 aromatic carbocycles. The molecule has 9 nitrogen and oxygen atoms in total. The maximum absolute atomic E-state index is 13.3. The molecule has 0 bridgehead atoms. The van der Waals surface area contributed by atoms with Gasteiger partial charge in [0.25, 0.3) is 5.91 Å². The van der Waals surface area contributed by atoms with E-state index in [1.54, 1.807) is 29.2 Å². The van der Waals surface area contributed by atoms with Crippen LogP contribution >= 0.6 is 0 Å². The van der Waals surface area contributed by atoms with Crippen LogP contribution < -0.4 is 15.4 Å². The summed E-state index contributed by atoms with van der Waals surface area (Å²) in [5.74, 6) is 0.910. The largest absolute Gasteiger partial charge is 0.492 e. The molecule has 1 saturated heterocycles. The van der Waals surface area contributed by atoms with Crippen molar-refractivity contribution in [3.63, 3.8) is 0 Å². The third kappa shape index (κ3) is 3.69. The van der Waals surface area contributed by atoms with Crippen molar-refractivity contribution < 1.29 is 9.53 Å². The molecule has 0 unspecified atom stereocenters. The first-order valence-electron chi connectivity index (χ1n) is 11.2. The number of ether oxygens (including phenoxy) is 1. The number of amides is 1. The fourth-order valence-electron chi connectivity index (χ4n) is 4.22. The third-order valence-corrected chi connectivity index (χ3v) is 6.25. The molecule has 2 aliphatic rings. The Balaban J connectivity index is 1.34. The van der Waals surface area contributed by atoms with Crippen LogP contribution in [0.5, 0.6) is 5.75 Å². The first kappa shape index (κ1) is 19.2. The van der Waals surface area contributed by atoms with Gasteiger partial charge in [-0.05, 0) is 56.8 Å². The number of anilines is 1. The van der Waals surface area contributed by atoms with E-state index in [2.05, 4.69) is 20.7 Å². The smallest absolute Gasteiger partial charge is 0.259 e. The molecule has 164 valence electrons. The highest BCUT2D eigenvalue weighted by Crippen LogP contribution is 2.33. The number of nitrogens with zero attached hydrogens (tertiary/aromatic N) is 5. The zero-order chi connectivity index (χ0) is 21.5. The summed E-state index contributed by atoms with van der Waals surface area (Å²) in [7, 11) is 0. The van der Waals surface area contributed by atoms with E-state index in [1.807, 2.05) is 23.0 Å². The molecule has 4 heterocycles. The minimum absolute atomic E-state index is 0.243. The Labute approximate surface area is 184 Å². The van der Waals surface area contributed by atoms with Crippen LogP contribution in [0.4, 0.5) is 5.69 Å². The van der Waals surface area contributed by atoms with Crippen molar-refractivity contribution in [1.29, 1.82) is 0 Å². The highest BCUT2D eigenvalue weighted by atomic mass is 16.5. The van der Waals surface area contributed by atoms with Crippen LogP contribution in [0, 0.1) is 5.92 Å². The summed E-state index contributed by atoms with van der Waals surface area (Å²) in [6.07, 6.45) is 11.6. The highest BCUT2D eigenvalue weighted by molar-refractivity contribution is 6.09. The molecule has 0 spiro atoms. The minimum Gasteiger partial charge on any atom is -0.492 e. The standard InChI is InChI=1S/C23H25N7O2/c31-23(27-20-12-26-29-9-1-6-25-22(20)29)18-10-16-13-30(17-4-7-24-8-5-17)28-19(16)11-21(18)32-14-15-2-3-15/h1,6,9-13,15,17,24H,2-5,7-8,14H2,(H,27,31). The normalized spacial score (nSPS) is 17.1. The molecule has 6 rings (SSSR count). The topological polar surface area (TPSA) is 98.4 Å². The number of carbonyl (C=O) groups is 1. The lowest BCUT2D eigenvalue weighted by Crippen LogP contribution is -2.29. The molecule has 0 atom stereocenters. The average molecular weight is 432 g/mol. The van der Waals surface area contributed by atoms with Gasteiger partial charge in [0.05, 0.1) is 29.9 Å².